The molecule has 1 amide bonds. The minimum absolute atomic E-state index is 0.0546. The predicted molar refractivity (Wildman–Crippen MR) is 116 cm³/mol. The number of hydrogen-bond acceptors (Lipinski definition) is 4. The largest absolute Gasteiger partial charge is 0.371 e. The van der Waals surface area contributed by atoms with Crippen LogP contribution >= 0.6 is 11.3 Å². The Balaban J connectivity index is 1.26. The summed E-state index contributed by atoms with van der Waals surface area (Å²) in [5, 5.41) is 6.05. The van der Waals surface area contributed by atoms with Crippen LogP contribution in [0.2, 0.25) is 0 Å². The molecule has 1 aliphatic rings. The summed E-state index contributed by atoms with van der Waals surface area (Å²) >= 11 is 1.59. The third kappa shape index (κ3) is 4.60. The molecule has 1 saturated heterocycles. The molecule has 5 heteroatoms. The number of thiazole rings is 1. The second-order valence-electron chi connectivity index (χ2n) is 7.43. The second-order valence-corrected chi connectivity index (χ2v) is 8.29. The molecule has 144 valence electrons. The number of aryl methyl sites for hydroxylation is 1. The summed E-state index contributed by atoms with van der Waals surface area (Å²) in [4.78, 5) is 19.4. The Morgan fingerprint density at radius 2 is 2.07 bits per heavy atom. The Bertz CT molecular complexity index is 938. The summed E-state index contributed by atoms with van der Waals surface area (Å²) < 4.78 is 0. The van der Waals surface area contributed by atoms with Crippen molar-refractivity contribution < 1.29 is 4.79 Å². The highest BCUT2D eigenvalue weighted by Gasteiger charge is 2.23. The van der Waals surface area contributed by atoms with Gasteiger partial charge in [0.2, 0.25) is 5.91 Å². The van der Waals surface area contributed by atoms with Crippen LogP contribution in [0.5, 0.6) is 0 Å². The molecule has 0 spiro atoms. The normalized spacial score (nSPS) is 16.3. The first-order chi connectivity index (χ1) is 13.7. The molecule has 4 nitrogen and oxygen atoms in total. The zero-order valence-electron chi connectivity index (χ0n) is 16.1. The van der Waals surface area contributed by atoms with Crippen molar-refractivity contribution in [3.05, 3.63) is 71.2 Å². The van der Waals surface area contributed by atoms with Crippen LogP contribution in [0.3, 0.4) is 0 Å². The van der Waals surface area contributed by atoms with Crippen LogP contribution < -0.4 is 10.2 Å². The molecular weight excluding hydrogens is 366 g/mol. The Labute approximate surface area is 170 Å². The number of amides is 1. The molecule has 1 N–H and O–H groups in total. The van der Waals surface area contributed by atoms with Gasteiger partial charge in [-0.25, -0.2) is 4.98 Å². The number of anilines is 1. The summed E-state index contributed by atoms with van der Waals surface area (Å²) in [6.07, 6.45) is 1.46. The van der Waals surface area contributed by atoms with Gasteiger partial charge in [-0.3, -0.25) is 4.79 Å². The third-order valence-electron chi connectivity index (χ3n) is 5.15. The number of rotatable bonds is 6. The molecule has 0 bridgehead atoms. The van der Waals surface area contributed by atoms with E-state index in [1.165, 1.54) is 11.3 Å². The van der Waals surface area contributed by atoms with Crippen molar-refractivity contribution in [1.29, 1.82) is 0 Å². The van der Waals surface area contributed by atoms with Crippen molar-refractivity contribution in [2.45, 2.75) is 19.8 Å². The van der Waals surface area contributed by atoms with E-state index < -0.39 is 0 Å². The quantitative estimate of drug-likeness (QED) is 0.681. The molecule has 1 aromatic heterocycles. The lowest BCUT2D eigenvalue weighted by molar-refractivity contribution is -0.120. The molecule has 28 heavy (non-hydrogen) atoms. The van der Waals surface area contributed by atoms with Crippen molar-refractivity contribution in [3.63, 3.8) is 0 Å². The molecule has 1 unspecified atom stereocenters. The topological polar surface area (TPSA) is 45.2 Å². The van der Waals surface area contributed by atoms with Gasteiger partial charge in [-0.15, -0.1) is 11.3 Å². The first-order valence-electron chi connectivity index (χ1n) is 9.75. The first-order valence-corrected chi connectivity index (χ1v) is 10.6. The van der Waals surface area contributed by atoms with Crippen LogP contribution in [0.15, 0.2) is 60.0 Å². The number of carbonyl (C=O) groups is 1. The lowest BCUT2D eigenvalue weighted by atomic mass is 10.1. The maximum atomic E-state index is 12.4. The summed E-state index contributed by atoms with van der Waals surface area (Å²) in [5.74, 6) is 0.554. The molecule has 2 aromatic carbocycles. The summed E-state index contributed by atoms with van der Waals surface area (Å²) in [6.45, 7) is 4.91. The van der Waals surface area contributed by atoms with E-state index in [4.69, 9.17) is 0 Å². The molecular formula is C23H25N3OS. The van der Waals surface area contributed by atoms with Crippen LogP contribution in [0.1, 0.15) is 17.7 Å². The zero-order valence-corrected chi connectivity index (χ0v) is 16.9. The first kappa shape index (κ1) is 18.7. The second kappa shape index (κ2) is 8.57. The SMILES string of the molecule is Cc1cccc(N2CCC(CNC(=O)Cc3csc(-c4ccccc4)n3)C2)c1. The summed E-state index contributed by atoms with van der Waals surface area (Å²) in [6, 6.07) is 18.7. The van der Waals surface area contributed by atoms with Crippen LogP contribution in [0, 0.1) is 12.8 Å². The number of nitrogens with zero attached hydrogens (tertiary/aromatic N) is 2. The molecule has 1 atom stereocenters. The molecule has 2 heterocycles. The fourth-order valence-electron chi connectivity index (χ4n) is 3.65. The maximum absolute atomic E-state index is 12.4. The Morgan fingerprint density at radius 3 is 2.89 bits per heavy atom. The van der Waals surface area contributed by atoms with E-state index in [2.05, 4.69) is 46.4 Å². The number of nitrogens with one attached hydrogen (secondary N) is 1. The van der Waals surface area contributed by atoms with Gasteiger partial charge in [0.1, 0.15) is 5.01 Å². The Hall–Kier alpha value is -2.66. The number of hydrogen-bond donors (Lipinski definition) is 1. The number of aromatic nitrogens is 1. The minimum atomic E-state index is 0.0546. The average molecular weight is 392 g/mol. The highest BCUT2D eigenvalue weighted by Crippen LogP contribution is 2.25. The smallest absolute Gasteiger partial charge is 0.226 e. The van der Waals surface area contributed by atoms with Crippen LogP contribution in [0.4, 0.5) is 5.69 Å². The van der Waals surface area contributed by atoms with Gasteiger partial charge >= 0.3 is 0 Å². The van der Waals surface area contributed by atoms with Crippen molar-refractivity contribution in [3.8, 4) is 10.6 Å². The van der Waals surface area contributed by atoms with E-state index in [0.29, 0.717) is 12.3 Å². The lowest BCUT2D eigenvalue weighted by Crippen LogP contribution is -2.32. The van der Waals surface area contributed by atoms with E-state index in [0.717, 1.165) is 42.3 Å². The van der Waals surface area contributed by atoms with Crippen molar-refractivity contribution >= 4 is 22.9 Å². The average Bonchev–Trinajstić information content (AvgIpc) is 3.37. The Morgan fingerprint density at radius 1 is 1.21 bits per heavy atom. The maximum Gasteiger partial charge on any atom is 0.226 e. The van der Waals surface area contributed by atoms with Gasteiger partial charge in [-0.2, -0.15) is 0 Å². The van der Waals surface area contributed by atoms with Gasteiger partial charge in [-0.05, 0) is 37.0 Å². The van der Waals surface area contributed by atoms with Gasteiger partial charge in [0.25, 0.3) is 0 Å². The lowest BCUT2D eigenvalue weighted by Gasteiger charge is -2.19. The molecule has 1 aliphatic heterocycles. The zero-order chi connectivity index (χ0) is 19.3. The molecule has 0 saturated carbocycles. The van der Waals surface area contributed by atoms with Crippen molar-refractivity contribution in [1.82, 2.24) is 10.3 Å². The Kier molecular flexibility index (Phi) is 5.72. The molecule has 1 fully saturated rings. The summed E-state index contributed by atoms with van der Waals surface area (Å²) in [5.41, 5.74) is 4.51. The van der Waals surface area contributed by atoms with E-state index in [1.807, 2.05) is 35.7 Å². The summed E-state index contributed by atoms with van der Waals surface area (Å²) in [7, 11) is 0. The van der Waals surface area contributed by atoms with E-state index in [9.17, 15) is 4.79 Å². The van der Waals surface area contributed by atoms with E-state index in [-0.39, 0.29) is 5.91 Å². The number of carbonyl (C=O) groups excluding carboxylic acids is 1. The van der Waals surface area contributed by atoms with Gasteiger partial charge in [-0.1, -0.05) is 42.5 Å². The highest BCUT2D eigenvalue weighted by atomic mass is 32.1. The third-order valence-corrected chi connectivity index (χ3v) is 6.09. The van der Waals surface area contributed by atoms with Crippen LogP contribution in [0.25, 0.3) is 10.6 Å². The van der Waals surface area contributed by atoms with Crippen molar-refractivity contribution in [2.75, 3.05) is 24.5 Å². The molecule has 0 aliphatic carbocycles. The van der Waals surface area contributed by atoms with Crippen molar-refractivity contribution in [2.24, 2.45) is 5.92 Å². The molecule has 3 aromatic rings. The fourth-order valence-corrected chi connectivity index (χ4v) is 4.47. The van der Waals surface area contributed by atoms with Gasteiger partial charge in [0.15, 0.2) is 0 Å². The van der Waals surface area contributed by atoms with Gasteiger partial charge in [0.05, 0.1) is 12.1 Å². The van der Waals surface area contributed by atoms with E-state index in [1.54, 1.807) is 11.3 Å². The van der Waals surface area contributed by atoms with E-state index >= 15 is 0 Å². The number of benzene rings is 2. The van der Waals surface area contributed by atoms with Gasteiger partial charge in [0, 0.05) is 36.3 Å². The monoisotopic (exact) mass is 391 g/mol. The molecule has 4 rings (SSSR count). The minimum Gasteiger partial charge on any atom is -0.371 e. The predicted octanol–water partition coefficient (Wildman–Crippen LogP) is 4.30. The van der Waals surface area contributed by atoms with Gasteiger partial charge < -0.3 is 10.2 Å². The fraction of sp³-hybridized carbons (Fsp3) is 0.304. The van der Waals surface area contributed by atoms with Crippen LogP contribution in [-0.2, 0) is 11.2 Å². The highest BCUT2D eigenvalue weighted by molar-refractivity contribution is 7.13. The standard InChI is InChI=1S/C23H25N3OS/c1-17-6-5-9-21(12-17)26-11-10-18(15-26)14-24-22(27)13-20-16-28-23(25-20)19-7-3-2-4-8-19/h2-9,12,16,18H,10-11,13-15H2,1H3,(H,24,27). The van der Waals surface area contributed by atoms with Crippen LogP contribution in [-0.4, -0.2) is 30.5 Å². The molecule has 0 radical (unpaired) electrons.